The first kappa shape index (κ1) is 10.9. The minimum absolute atomic E-state index is 0.0372. The van der Waals surface area contributed by atoms with Crippen molar-refractivity contribution < 1.29 is 8.78 Å². The highest BCUT2D eigenvalue weighted by Gasteiger charge is 2.31. The van der Waals surface area contributed by atoms with Crippen LogP contribution in [0.3, 0.4) is 0 Å². The average Bonchev–Trinajstić information content (AvgIpc) is 2.17. The van der Waals surface area contributed by atoms with Crippen molar-refractivity contribution in [1.82, 2.24) is 4.90 Å². The Bertz CT molecular complexity index is 344. The molecule has 0 aromatic rings. The summed E-state index contributed by atoms with van der Waals surface area (Å²) in [4.78, 5) is 2.01. The summed E-state index contributed by atoms with van der Waals surface area (Å²) >= 11 is 3.37. The maximum Gasteiger partial charge on any atom is 0.252 e. The van der Waals surface area contributed by atoms with E-state index >= 15 is 0 Å². The molecule has 2 rings (SSSR count). The summed E-state index contributed by atoms with van der Waals surface area (Å²) in [5.74, 6) is -2.50. The van der Waals surface area contributed by atoms with Crippen LogP contribution in [0, 0.1) is 0 Å². The standard InChI is InChI=1S/C11H12BrF2N/c12-9-2-1-7-15(8-9)10-3-5-11(13,14)6-4-10/h1-3,8H,4-7H2. The van der Waals surface area contributed by atoms with Crippen LogP contribution in [0.5, 0.6) is 0 Å². The Morgan fingerprint density at radius 2 is 2.20 bits per heavy atom. The summed E-state index contributed by atoms with van der Waals surface area (Å²) in [6.07, 6.45) is 7.86. The van der Waals surface area contributed by atoms with E-state index in [0.717, 1.165) is 16.7 Å². The molecule has 1 heterocycles. The average molecular weight is 276 g/mol. The highest BCUT2D eigenvalue weighted by Crippen LogP contribution is 2.34. The Morgan fingerprint density at radius 1 is 1.40 bits per heavy atom. The fourth-order valence-electron chi connectivity index (χ4n) is 1.77. The summed E-state index contributed by atoms with van der Waals surface area (Å²) in [5.41, 5.74) is 1.00. The van der Waals surface area contributed by atoms with Crippen molar-refractivity contribution >= 4 is 15.9 Å². The molecule has 0 atom stereocenters. The van der Waals surface area contributed by atoms with Gasteiger partial charge >= 0.3 is 0 Å². The molecule has 0 saturated carbocycles. The first-order valence-corrected chi connectivity index (χ1v) is 5.73. The van der Waals surface area contributed by atoms with Gasteiger partial charge < -0.3 is 4.90 Å². The summed E-state index contributed by atoms with van der Waals surface area (Å²) in [5, 5.41) is 0. The lowest BCUT2D eigenvalue weighted by atomic mass is 10.00. The van der Waals surface area contributed by atoms with E-state index < -0.39 is 5.92 Å². The fourth-order valence-corrected chi connectivity index (χ4v) is 2.20. The normalized spacial score (nSPS) is 24.9. The Labute approximate surface area is 96.3 Å². The zero-order chi connectivity index (χ0) is 10.9. The van der Waals surface area contributed by atoms with Gasteiger partial charge in [-0.1, -0.05) is 12.2 Å². The van der Waals surface area contributed by atoms with Gasteiger partial charge in [0.15, 0.2) is 0 Å². The molecular formula is C11H12BrF2N. The first-order valence-electron chi connectivity index (χ1n) is 4.94. The number of allylic oxidation sites excluding steroid dienone is 4. The van der Waals surface area contributed by atoms with Gasteiger partial charge in [0.2, 0.25) is 0 Å². The Morgan fingerprint density at radius 3 is 2.80 bits per heavy atom. The predicted molar refractivity (Wildman–Crippen MR) is 59.7 cm³/mol. The SMILES string of the molecule is FC1(F)CC=C(N2C=C(Br)C=CC2)CC1. The van der Waals surface area contributed by atoms with Crippen molar-refractivity contribution in [2.45, 2.75) is 25.2 Å². The van der Waals surface area contributed by atoms with Crippen molar-refractivity contribution in [3.63, 3.8) is 0 Å². The third-order valence-electron chi connectivity index (χ3n) is 2.61. The van der Waals surface area contributed by atoms with Crippen LogP contribution in [0.15, 0.2) is 34.6 Å². The van der Waals surface area contributed by atoms with Crippen LogP contribution >= 0.6 is 15.9 Å². The fraction of sp³-hybridized carbons (Fsp3) is 0.455. The molecule has 0 radical (unpaired) electrons. The minimum atomic E-state index is -2.50. The van der Waals surface area contributed by atoms with E-state index in [1.807, 2.05) is 23.3 Å². The van der Waals surface area contributed by atoms with Crippen molar-refractivity contribution in [3.05, 3.63) is 34.6 Å². The Balaban J connectivity index is 2.07. The lowest BCUT2D eigenvalue weighted by Crippen LogP contribution is -2.26. The van der Waals surface area contributed by atoms with Gasteiger partial charge in [-0.15, -0.1) is 0 Å². The predicted octanol–water partition coefficient (Wildman–Crippen LogP) is 3.80. The van der Waals surface area contributed by atoms with E-state index in [1.165, 1.54) is 0 Å². The second-order valence-corrected chi connectivity index (χ2v) is 4.74. The lowest BCUT2D eigenvalue weighted by molar-refractivity contribution is -0.0109. The highest BCUT2D eigenvalue weighted by molar-refractivity contribution is 9.11. The molecule has 2 aliphatic rings. The molecule has 15 heavy (non-hydrogen) atoms. The topological polar surface area (TPSA) is 3.24 Å². The van der Waals surface area contributed by atoms with Crippen molar-refractivity contribution in [2.24, 2.45) is 0 Å². The second kappa shape index (κ2) is 4.08. The molecule has 0 saturated heterocycles. The van der Waals surface area contributed by atoms with Gasteiger partial charge in [0.05, 0.1) is 0 Å². The molecule has 82 valence electrons. The van der Waals surface area contributed by atoms with Crippen LogP contribution < -0.4 is 0 Å². The number of hydrogen-bond acceptors (Lipinski definition) is 1. The van der Waals surface area contributed by atoms with E-state index in [0.29, 0.717) is 6.42 Å². The lowest BCUT2D eigenvalue weighted by Gasteiger charge is -2.29. The monoisotopic (exact) mass is 275 g/mol. The van der Waals surface area contributed by atoms with Crippen LogP contribution in [0.1, 0.15) is 19.3 Å². The van der Waals surface area contributed by atoms with E-state index in [2.05, 4.69) is 15.9 Å². The van der Waals surface area contributed by atoms with Crippen molar-refractivity contribution in [2.75, 3.05) is 6.54 Å². The summed E-state index contributed by atoms with van der Waals surface area (Å²) in [6.45, 7) is 0.770. The smallest absolute Gasteiger partial charge is 0.252 e. The number of rotatable bonds is 1. The van der Waals surface area contributed by atoms with Crippen molar-refractivity contribution in [3.8, 4) is 0 Å². The molecule has 0 amide bonds. The van der Waals surface area contributed by atoms with E-state index in [4.69, 9.17) is 0 Å². The molecule has 4 heteroatoms. The van der Waals surface area contributed by atoms with Crippen LogP contribution in [-0.4, -0.2) is 17.4 Å². The molecule has 1 aliphatic carbocycles. The van der Waals surface area contributed by atoms with Crippen LogP contribution in [0.2, 0.25) is 0 Å². The Hall–Kier alpha value is -0.640. The maximum atomic E-state index is 12.9. The van der Waals surface area contributed by atoms with Crippen molar-refractivity contribution in [1.29, 1.82) is 0 Å². The van der Waals surface area contributed by atoms with Crippen LogP contribution in [0.25, 0.3) is 0 Å². The van der Waals surface area contributed by atoms with Gasteiger partial charge in [0, 0.05) is 35.8 Å². The molecule has 0 aromatic heterocycles. The van der Waals surface area contributed by atoms with Gasteiger partial charge in [-0.3, -0.25) is 0 Å². The highest BCUT2D eigenvalue weighted by atomic mass is 79.9. The zero-order valence-corrected chi connectivity index (χ0v) is 9.80. The van der Waals surface area contributed by atoms with E-state index in [-0.39, 0.29) is 12.8 Å². The van der Waals surface area contributed by atoms with Crippen LogP contribution in [0.4, 0.5) is 8.78 Å². The molecule has 0 fully saturated rings. The molecule has 1 aliphatic heterocycles. The zero-order valence-electron chi connectivity index (χ0n) is 8.22. The van der Waals surface area contributed by atoms with Gasteiger partial charge in [0.25, 0.3) is 5.92 Å². The third-order valence-corrected chi connectivity index (χ3v) is 3.08. The maximum absolute atomic E-state index is 12.9. The number of halogens is 3. The van der Waals surface area contributed by atoms with Gasteiger partial charge in [-0.05, 0) is 28.4 Å². The van der Waals surface area contributed by atoms with Crippen LogP contribution in [-0.2, 0) is 0 Å². The number of nitrogens with zero attached hydrogens (tertiary/aromatic N) is 1. The first-order chi connectivity index (χ1) is 7.07. The number of alkyl halides is 2. The van der Waals surface area contributed by atoms with Gasteiger partial charge in [0.1, 0.15) is 0 Å². The molecule has 0 bridgehead atoms. The minimum Gasteiger partial charge on any atom is -0.347 e. The van der Waals surface area contributed by atoms with E-state index in [9.17, 15) is 8.78 Å². The molecule has 0 N–H and O–H groups in total. The largest absolute Gasteiger partial charge is 0.347 e. The third kappa shape index (κ3) is 2.68. The second-order valence-electron chi connectivity index (χ2n) is 3.82. The van der Waals surface area contributed by atoms with Gasteiger partial charge in [-0.2, -0.15) is 0 Å². The number of hydrogen-bond donors (Lipinski definition) is 0. The molecule has 0 unspecified atom stereocenters. The molecule has 0 spiro atoms. The molecular weight excluding hydrogens is 264 g/mol. The quantitative estimate of drug-likeness (QED) is 0.704. The van der Waals surface area contributed by atoms with E-state index in [1.54, 1.807) is 6.08 Å². The molecule has 1 nitrogen and oxygen atoms in total. The Kier molecular flexibility index (Phi) is 2.96. The summed E-state index contributed by atoms with van der Waals surface area (Å²) in [7, 11) is 0. The van der Waals surface area contributed by atoms with Gasteiger partial charge in [-0.25, -0.2) is 8.78 Å². The summed E-state index contributed by atoms with van der Waals surface area (Å²) in [6, 6.07) is 0. The molecule has 0 aromatic carbocycles. The summed E-state index contributed by atoms with van der Waals surface area (Å²) < 4.78 is 26.8.